The first-order valence-electron chi connectivity index (χ1n) is 11.5. The van der Waals surface area contributed by atoms with Gasteiger partial charge < -0.3 is 0 Å². The van der Waals surface area contributed by atoms with Gasteiger partial charge in [0.05, 0.1) is 23.2 Å². The highest BCUT2D eigenvalue weighted by atomic mass is 35.5. The van der Waals surface area contributed by atoms with E-state index in [1.54, 1.807) is 24.6 Å². The van der Waals surface area contributed by atoms with Crippen molar-refractivity contribution in [1.82, 2.24) is 19.9 Å². The monoisotopic (exact) mass is 776 g/mol. The lowest BCUT2D eigenvalue weighted by Gasteiger charge is -2.03. The van der Waals surface area contributed by atoms with Crippen molar-refractivity contribution in [3.05, 3.63) is 109 Å². The Morgan fingerprint density at radius 1 is 0.651 bits per heavy atom. The van der Waals surface area contributed by atoms with Gasteiger partial charge >= 0.3 is 0 Å². The van der Waals surface area contributed by atoms with Crippen molar-refractivity contribution >= 4 is 135 Å². The van der Waals surface area contributed by atoms with Gasteiger partial charge in [-0.1, -0.05) is 116 Å². The minimum Gasteiger partial charge on any atom is -0.298 e. The van der Waals surface area contributed by atoms with E-state index in [9.17, 15) is 4.79 Å². The van der Waals surface area contributed by atoms with Crippen LogP contribution in [0.1, 0.15) is 45.6 Å². The Bertz CT molecular complexity index is 1630. The van der Waals surface area contributed by atoms with Crippen molar-refractivity contribution in [2.75, 3.05) is 0 Å². The van der Waals surface area contributed by atoms with Crippen LogP contribution < -0.4 is 0 Å². The summed E-state index contributed by atoms with van der Waals surface area (Å²) in [5.74, 6) is 0. The molecule has 4 aromatic heterocycles. The van der Waals surface area contributed by atoms with E-state index in [4.69, 9.17) is 116 Å². The zero-order valence-corrected chi connectivity index (χ0v) is 28.8. The molecule has 6 rings (SSSR count). The van der Waals surface area contributed by atoms with Crippen LogP contribution in [0.3, 0.4) is 0 Å². The molecule has 2 aliphatic heterocycles. The van der Waals surface area contributed by atoms with Gasteiger partial charge in [-0.3, -0.25) is 14.8 Å². The summed E-state index contributed by atoms with van der Waals surface area (Å²) in [7, 11) is 0. The molecule has 7 nitrogen and oxygen atoms in total. The number of pyridine rings is 4. The normalized spacial score (nSPS) is 13.5. The molecule has 4 aromatic rings. The molecule has 0 aliphatic carbocycles. The number of nitrogens with zero attached hydrogens (tertiary/aromatic N) is 6. The maximum atomic E-state index is 10.3. The predicted octanol–water partition coefficient (Wildman–Crippen LogP) is 11.1. The van der Waals surface area contributed by atoms with Crippen molar-refractivity contribution in [2.45, 2.75) is 19.5 Å². The summed E-state index contributed by atoms with van der Waals surface area (Å²) in [5.41, 5.74) is 4.07. The summed E-state index contributed by atoms with van der Waals surface area (Å²) in [5, 5.41) is 3.27. The molecule has 0 saturated heterocycles. The van der Waals surface area contributed by atoms with Crippen molar-refractivity contribution < 1.29 is 4.79 Å². The molecule has 0 bridgehead atoms. The van der Waals surface area contributed by atoms with Crippen molar-refractivity contribution in [1.29, 1.82) is 0 Å². The van der Waals surface area contributed by atoms with E-state index in [0.717, 1.165) is 22.3 Å². The first kappa shape index (κ1) is 36.0. The molecule has 6 heterocycles. The molecule has 1 unspecified atom stereocenters. The standard InChI is InChI=1S/C8H6Cl2N2.C7H4Cl2N2.C6H2Cl3NO.C5H2Cl3N/c1-4-5-2-7(9)12-8(10)6(5)3-11-4;8-6-1-4-2-10-3-5(4)7(9)11-6;7-4-1-5(8)10-6(9)3(4)2-11;6-3-1-4(7)9-5(8)2-3/h2-4H,1H3;1,3H,2H2;1-2H;1-2H. The Labute approximate surface area is 296 Å². The van der Waals surface area contributed by atoms with Crippen LogP contribution in [0.25, 0.3) is 0 Å². The summed E-state index contributed by atoms with van der Waals surface area (Å²) in [6.45, 7) is 2.66. The van der Waals surface area contributed by atoms with Gasteiger partial charge in [0, 0.05) is 28.6 Å². The third-order valence-corrected chi connectivity index (χ3v) is 7.58. The molecule has 0 saturated carbocycles. The van der Waals surface area contributed by atoms with Gasteiger partial charge in [0.15, 0.2) is 6.29 Å². The molecule has 0 fully saturated rings. The van der Waals surface area contributed by atoms with Crippen molar-refractivity contribution in [3.63, 3.8) is 0 Å². The van der Waals surface area contributed by atoms with E-state index in [1.807, 2.05) is 6.92 Å². The topological polar surface area (TPSA) is 93.4 Å². The second-order valence-electron chi connectivity index (χ2n) is 8.15. The number of hydrogen-bond acceptors (Lipinski definition) is 7. The third kappa shape index (κ3) is 10.5. The average Bonchev–Trinajstić information content (AvgIpc) is 3.51. The highest BCUT2D eigenvalue weighted by Crippen LogP contribution is 2.31. The highest BCUT2D eigenvalue weighted by molar-refractivity contribution is 6.40. The fourth-order valence-electron chi connectivity index (χ4n) is 3.30. The van der Waals surface area contributed by atoms with Crippen molar-refractivity contribution in [3.8, 4) is 0 Å². The Morgan fingerprint density at radius 3 is 1.77 bits per heavy atom. The Hall–Kier alpha value is -1.49. The SMILES string of the molecule is CC1N=Cc2c1cc(Cl)nc2Cl.Clc1cc(Cl)nc(Cl)c1.Clc1cc2c(c(Cl)n1)C=NC2.O=Cc1c(Cl)cc(Cl)nc1Cl. The lowest BCUT2D eigenvalue weighted by atomic mass is 10.1. The van der Waals surface area contributed by atoms with E-state index in [-0.39, 0.29) is 26.9 Å². The number of aldehydes is 1. The molecule has 0 spiro atoms. The zero-order chi connectivity index (χ0) is 31.8. The van der Waals surface area contributed by atoms with Gasteiger partial charge in [0.2, 0.25) is 0 Å². The maximum Gasteiger partial charge on any atom is 0.154 e. The van der Waals surface area contributed by atoms with Gasteiger partial charge in [-0.2, -0.15) is 0 Å². The smallest absolute Gasteiger partial charge is 0.154 e. The molecule has 0 amide bonds. The maximum absolute atomic E-state index is 10.3. The Balaban J connectivity index is 0.000000158. The third-order valence-electron chi connectivity index (χ3n) is 5.21. The molecule has 43 heavy (non-hydrogen) atoms. The fraction of sp³-hybridized carbons (Fsp3) is 0.115. The van der Waals surface area contributed by atoms with E-state index in [0.29, 0.717) is 48.8 Å². The number of rotatable bonds is 1. The van der Waals surface area contributed by atoms with Gasteiger partial charge in [-0.15, -0.1) is 0 Å². The number of aromatic nitrogens is 4. The van der Waals surface area contributed by atoms with Crippen LogP contribution in [-0.4, -0.2) is 38.7 Å². The molecule has 0 radical (unpaired) electrons. The van der Waals surface area contributed by atoms with Crippen LogP contribution in [0.15, 0.2) is 40.3 Å². The molecular weight excluding hydrogens is 767 g/mol. The number of hydrogen-bond donors (Lipinski definition) is 0. The lowest BCUT2D eigenvalue weighted by Crippen LogP contribution is -1.92. The van der Waals surface area contributed by atoms with Gasteiger partial charge in [-0.25, -0.2) is 19.9 Å². The van der Waals surface area contributed by atoms with Crippen molar-refractivity contribution in [2.24, 2.45) is 9.98 Å². The molecule has 1 atom stereocenters. The summed E-state index contributed by atoms with van der Waals surface area (Å²) >= 11 is 56.1. The van der Waals surface area contributed by atoms with E-state index < -0.39 is 0 Å². The second kappa shape index (κ2) is 16.7. The quantitative estimate of drug-likeness (QED) is 0.142. The van der Waals surface area contributed by atoms with Gasteiger partial charge in [0.25, 0.3) is 0 Å². The summed E-state index contributed by atoms with van der Waals surface area (Å²) in [6, 6.07) is 8.15. The van der Waals surface area contributed by atoms with E-state index >= 15 is 0 Å². The number of fused-ring (bicyclic) bond motifs is 2. The molecule has 0 aromatic carbocycles. The van der Waals surface area contributed by atoms with Crippen LogP contribution in [-0.2, 0) is 6.54 Å². The zero-order valence-electron chi connectivity index (χ0n) is 21.3. The van der Waals surface area contributed by atoms with Crippen LogP contribution in [0.2, 0.25) is 51.3 Å². The summed E-state index contributed by atoms with van der Waals surface area (Å²) in [4.78, 5) is 33.7. The second-order valence-corrected chi connectivity index (χ2v) is 12.0. The Morgan fingerprint density at radius 2 is 1.19 bits per heavy atom. The number of aliphatic imine (C=N–C) groups is 2. The molecule has 0 N–H and O–H groups in total. The number of carbonyl (C=O) groups excluding carboxylic acids is 1. The number of carbonyl (C=O) groups is 1. The largest absolute Gasteiger partial charge is 0.298 e. The Kier molecular flexibility index (Phi) is 14.0. The van der Waals surface area contributed by atoms with Crippen LogP contribution >= 0.6 is 116 Å². The first-order chi connectivity index (χ1) is 20.3. The van der Waals surface area contributed by atoms with Gasteiger partial charge in [-0.05, 0) is 48.4 Å². The fourth-order valence-corrected chi connectivity index (χ4v) is 5.91. The molecule has 17 heteroatoms. The van der Waals surface area contributed by atoms with Crippen LogP contribution in [0.4, 0.5) is 0 Å². The summed E-state index contributed by atoms with van der Waals surface area (Å²) < 4.78 is 0. The van der Waals surface area contributed by atoms with E-state index in [1.165, 1.54) is 18.2 Å². The van der Waals surface area contributed by atoms with Gasteiger partial charge in [0.1, 0.15) is 41.2 Å². The predicted molar refractivity (Wildman–Crippen MR) is 180 cm³/mol. The number of halogens is 10. The van der Waals surface area contributed by atoms with Crippen LogP contribution in [0, 0.1) is 0 Å². The molecule has 2 aliphatic rings. The van der Waals surface area contributed by atoms with E-state index in [2.05, 4.69) is 29.9 Å². The first-order valence-corrected chi connectivity index (χ1v) is 15.3. The lowest BCUT2D eigenvalue weighted by molar-refractivity contribution is 0.112. The molecular formula is C26H14Cl10N6O. The van der Waals surface area contributed by atoms with Crippen LogP contribution in [0.5, 0.6) is 0 Å². The minimum absolute atomic E-state index is 0.0255. The average molecular weight is 781 g/mol. The summed E-state index contributed by atoms with van der Waals surface area (Å²) in [6.07, 6.45) is 4.00. The molecule has 224 valence electrons. The highest BCUT2D eigenvalue weighted by Gasteiger charge is 2.18. The minimum atomic E-state index is 0.0255.